The number of hydrogen-bond acceptors (Lipinski definition) is 2. The Morgan fingerprint density at radius 2 is 1.94 bits per heavy atom. The van der Waals surface area contributed by atoms with Crippen molar-refractivity contribution >= 4 is 0 Å². The largest absolute Gasteiger partial charge is 0.496 e. The van der Waals surface area contributed by atoms with Crippen LogP contribution in [0.5, 0.6) is 5.75 Å². The van der Waals surface area contributed by atoms with Gasteiger partial charge in [0.25, 0.3) is 0 Å². The summed E-state index contributed by atoms with van der Waals surface area (Å²) in [5.41, 5.74) is 7.46. The Labute approximate surface area is 96.6 Å². The Kier molecular flexibility index (Phi) is 4.30. The van der Waals surface area contributed by atoms with E-state index in [1.807, 2.05) is 26.8 Å². The molecule has 90 valence electrons. The van der Waals surface area contributed by atoms with E-state index in [0.717, 1.165) is 11.1 Å². The van der Waals surface area contributed by atoms with E-state index in [-0.39, 0.29) is 17.8 Å². The topological polar surface area (TPSA) is 35.2 Å². The van der Waals surface area contributed by atoms with Gasteiger partial charge in [-0.3, -0.25) is 0 Å². The smallest absolute Gasteiger partial charge is 0.130 e. The normalized spacial score (nSPS) is 12.9. The molecule has 0 heterocycles. The number of benzene rings is 1. The fourth-order valence-electron chi connectivity index (χ4n) is 1.76. The molecule has 0 aliphatic rings. The Balaban J connectivity index is 3.17. The summed E-state index contributed by atoms with van der Waals surface area (Å²) in [5.74, 6) is 0.539. The molecule has 2 N–H and O–H groups in total. The molecule has 2 nitrogen and oxygen atoms in total. The molecule has 1 atom stereocenters. The first-order chi connectivity index (χ1) is 7.45. The van der Waals surface area contributed by atoms with Crippen LogP contribution in [-0.2, 0) is 6.42 Å². The van der Waals surface area contributed by atoms with Crippen LogP contribution in [0.15, 0.2) is 12.1 Å². The summed E-state index contributed by atoms with van der Waals surface area (Å²) >= 11 is 0. The molecular weight excluding hydrogens is 205 g/mol. The second-order valence-corrected chi connectivity index (χ2v) is 4.52. The highest BCUT2D eigenvalue weighted by Crippen LogP contribution is 2.28. The summed E-state index contributed by atoms with van der Waals surface area (Å²) in [6.07, 6.45) is 0.698. The third-order valence-electron chi connectivity index (χ3n) is 2.56. The fourth-order valence-corrected chi connectivity index (χ4v) is 1.76. The minimum atomic E-state index is -0.208. The molecule has 3 heteroatoms. The fraction of sp³-hybridized carbons (Fsp3) is 0.538. The number of ether oxygens (including phenoxy) is 1. The zero-order valence-electron chi connectivity index (χ0n) is 10.4. The minimum Gasteiger partial charge on any atom is -0.496 e. The van der Waals surface area contributed by atoms with Gasteiger partial charge in [0.1, 0.15) is 11.6 Å². The second kappa shape index (κ2) is 5.30. The van der Waals surface area contributed by atoms with E-state index in [0.29, 0.717) is 12.2 Å². The predicted octanol–water partition coefficient (Wildman–Crippen LogP) is 2.85. The lowest BCUT2D eigenvalue weighted by molar-refractivity contribution is 0.403. The van der Waals surface area contributed by atoms with Crippen molar-refractivity contribution in [1.82, 2.24) is 0 Å². The SMILES string of the molecule is COc1cc(F)c(C(C)C)cc1CC(C)N. The standard InChI is InChI=1S/C13H20FNO/c1-8(2)11-6-10(5-9(3)15)13(16-4)7-12(11)14/h6-9H,5,15H2,1-4H3. The van der Waals surface area contributed by atoms with Gasteiger partial charge in [-0.1, -0.05) is 13.8 Å². The highest BCUT2D eigenvalue weighted by atomic mass is 19.1. The molecule has 1 rings (SSSR count). The van der Waals surface area contributed by atoms with Gasteiger partial charge in [-0.2, -0.15) is 0 Å². The van der Waals surface area contributed by atoms with Crippen molar-refractivity contribution in [2.75, 3.05) is 7.11 Å². The van der Waals surface area contributed by atoms with Gasteiger partial charge in [-0.25, -0.2) is 4.39 Å². The Hall–Kier alpha value is -1.09. The molecule has 1 aromatic rings. The number of rotatable bonds is 4. The molecule has 0 aliphatic heterocycles. The minimum absolute atomic E-state index is 0.0411. The summed E-state index contributed by atoms with van der Waals surface area (Å²) in [4.78, 5) is 0. The molecular formula is C13H20FNO. The van der Waals surface area contributed by atoms with Gasteiger partial charge in [0.15, 0.2) is 0 Å². The third kappa shape index (κ3) is 2.95. The van der Waals surface area contributed by atoms with E-state index in [4.69, 9.17) is 10.5 Å². The summed E-state index contributed by atoms with van der Waals surface area (Å²) in [5, 5.41) is 0. The van der Waals surface area contributed by atoms with Gasteiger partial charge in [-0.15, -0.1) is 0 Å². The molecule has 0 fully saturated rings. The number of nitrogens with two attached hydrogens (primary N) is 1. The average molecular weight is 225 g/mol. The molecule has 0 aromatic heterocycles. The van der Waals surface area contributed by atoms with Gasteiger partial charge in [0, 0.05) is 12.1 Å². The molecule has 0 aliphatic carbocycles. The summed E-state index contributed by atoms with van der Waals surface area (Å²) in [7, 11) is 1.55. The molecule has 0 amide bonds. The highest BCUT2D eigenvalue weighted by molar-refractivity contribution is 5.40. The first-order valence-corrected chi connectivity index (χ1v) is 5.57. The van der Waals surface area contributed by atoms with E-state index in [9.17, 15) is 4.39 Å². The second-order valence-electron chi connectivity index (χ2n) is 4.52. The molecule has 1 unspecified atom stereocenters. The van der Waals surface area contributed by atoms with Crippen molar-refractivity contribution in [3.63, 3.8) is 0 Å². The first kappa shape index (κ1) is 13.0. The molecule has 0 saturated carbocycles. The van der Waals surface area contributed by atoms with Crippen LogP contribution in [0.4, 0.5) is 4.39 Å². The molecule has 16 heavy (non-hydrogen) atoms. The van der Waals surface area contributed by atoms with E-state index < -0.39 is 0 Å². The zero-order chi connectivity index (χ0) is 12.3. The van der Waals surface area contributed by atoms with Crippen molar-refractivity contribution in [2.45, 2.75) is 39.2 Å². The number of halogens is 1. The van der Waals surface area contributed by atoms with Crippen LogP contribution in [0.3, 0.4) is 0 Å². The van der Waals surface area contributed by atoms with Crippen molar-refractivity contribution in [3.05, 3.63) is 29.1 Å². The Morgan fingerprint density at radius 1 is 1.31 bits per heavy atom. The van der Waals surface area contributed by atoms with Crippen LogP contribution in [-0.4, -0.2) is 13.2 Å². The van der Waals surface area contributed by atoms with Crippen molar-refractivity contribution in [1.29, 1.82) is 0 Å². The first-order valence-electron chi connectivity index (χ1n) is 5.57. The molecule has 0 saturated heterocycles. The van der Waals surface area contributed by atoms with Gasteiger partial charge >= 0.3 is 0 Å². The maximum Gasteiger partial charge on any atom is 0.130 e. The van der Waals surface area contributed by atoms with Gasteiger partial charge in [0.05, 0.1) is 7.11 Å². The van der Waals surface area contributed by atoms with Crippen LogP contribution >= 0.6 is 0 Å². The summed E-state index contributed by atoms with van der Waals surface area (Å²) < 4.78 is 18.9. The van der Waals surface area contributed by atoms with Crippen molar-refractivity contribution in [3.8, 4) is 5.75 Å². The number of methoxy groups -OCH3 is 1. The van der Waals surface area contributed by atoms with E-state index >= 15 is 0 Å². The van der Waals surface area contributed by atoms with Crippen molar-refractivity contribution < 1.29 is 9.13 Å². The Morgan fingerprint density at radius 3 is 2.38 bits per heavy atom. The number of hydrogen-bond donors (Lipinski definition) is 1. The van der Waals surface area contributed by atoms with E-state index in [2.05, 4.69) is 0 Å². The quantitative estimate of drug-likeness (QED) is 0.855. The molecule has 0 radical (unpaired) electrons. The predicted molar refractivity (Wildman–Crippen MR) is 64.4 cm³/mol. The highest BCUT2D eigenvalue weighted by Gasteiger charge is 2.13. The monoisotopic (exact) mass is 225 g/mol. The molecule has 0 spiro atoms. The lowest BCUT2D eigenvalue weighted by Crippen LogP contribution is -2.18. The van der Waals surface area contributed by atoms with E-state index in [1.165, 1.54) is 6.07 Å². The summed E-state index contributed by atoms with van der Waals surface area (Å²) in [6, 6.07) is 3.36. The maximum absolute atomic E-state index is 13.7. The van der Waals surface area contributed by atoms with Gasteiger partial charge in [0.2, 0.25) is 0 Å². The maximum atomic E-state index is 13.7. The van der Waals surface area contributed by atoms with Gasteiger partial charge in [-0.05, 0) is 36.5 Å². The van der Waals surface area contributed by atoms with Crippen LogP contribution in [0.25, 0.3) is 0 Å². The summed E-state index contributed by atoms with van der Waals surface area (Å²) in [6.45, 7) is 5.87. The Bertz CT molecular complexity index is 361. The molecule has 1 aromatic carbocycles. The zero-order valence-corrected chi connectivity index (χ0v) is 10.4. The van der Waals surface area contributed by atoms with Crippen molar-refractivity contribution in [2.24, 2.45) is 5.73 Å². The van der Waals surface area contributed by atoms with Gasteiger partial charge < -0.3 is 10.5 Å². The third-order valence-corrected chi connectivity index (χ3v) is 2.56. The van der Waals surface area contributed by atoms with E-state index in [1.54, 1.807) is 7.11 Å². The lowest BCUT2D eigenvalue weighted by Gasteiger charge is -2.15. The van der Waals surface area contributed by atoms with Crippen LogP contribution in [0, 0.1) is 5.82 Å². The lowest BCUT2D eigenvalue weighted by atomic mass is 9.97. The molecule has 0 bridgehead atoms. The van der Waals surface area contributed by atoms with Crippen LogP contribution in [0.1, 0.15) is 37.8 Å². The van der Waals surface area contributed by atoms with Crippen LogP contribution in [0.2, 0.25) is 0 Å². The average Bonchev–Trinajstić information content (AvgIpc) is 2.18. The van der Waals surface area contributed by atoms with Crippen LogP contribution < -0.4 is 10.5 Å².